The fourth-order valence-corrected chi connectivity index (χ4v) is 2.80. The van der Waals surface area contributed by atoms with Crippen molar-refractivity contribution in [3.63, 3.8) is 0 Å². The zero-order valence-electron chi connectivity index (χ0n) is 12.2. The highest BCUT2D eigenvalue weighted by Gasteiger charge is 2.39. The Kier molecular flexibility index (Phi) is 5.80. The number of hydrogen-bond donors (Lipinski definition) is 1. The van der Waals surface area contributed by atoms with Gasteiger partial charge in [-0.3, -0.25) is 4.79 Å². The van der Waals surface area contributed by atoms with Crippen LogP contribution in [0.25, 0.3) is 0 Å². The summed E-state index contributed by atoms with van der Waals surface area (Å²) in [7, 11) is 0. The molecule has 1 fully saturated rings. The minimum Gasteiger partial charge on any atom is -0.396 e. The molecule has 3 atom stereocenters. The first-order chi connectivity index (χ1) is 8.36. The van der Waals surface area contributed by atoms with Crippen molar-refractivity contribution < 1.29 is 14.6 Å². The largest absolute Gasteiger partial charge is 0.396 e. The van der Waals surface area contributed by atoms with E-state index < -0.39 is 0 Å². The van der Waals surface area contributed by atoms with Crippen LogP contribution in [0.5, 0.6) is 0 Å². The van der Waals surface area contributed by atoms with Gasteiger partial charge in [0.1, 0.15) is 5.78 Å². The highest BCUT2D eigenvalue weighted by atomic mass is 16.5. The number of carbonyl (C=O) groups excluding carboxylic acids is 1. The van der Waals surface area contributed by atoms with Crippen molar-refractivity contribution in [1.29, 1.82) is 0 Å². The summed E-state index contributed by atoms with van der Waals surface area (Å²) in [6.45, 7) is 8.52. The van der Waals surface area contributed by atoms with Crippen molar-refractivity contribution in [3.8, 4) is 0 Å². The van der Waals surface area contributed by atoms with Gasteiger partial charge in [0, 0.05) is 19.4 Å². The van der Waals surface area contributed by atoms with Crippen molar-refractivity contribution in [2.75, 3.05) is 6.61 Å². The van der Waals surface area contributed by atoms with Crippen molar-refractivity contribution in [1.82, 2.24) is 0 Å². The molecule has 0 amide bonds. The molecule has 18 heavy (non-hydrogen) atoms. The summed E-state index contributed by atoms with van der Waals surface area (Å²) in [5.74, 6) is 1.10. The quantitative estimate of drug-likeness (QED) is 0.761. The third-order valence-electron chi connectivity index (χ3n) is 3.82. The van der Waals surface area contributed by atoms with Gasteiger partial charge >= 0.3 is 0 Å². The molecular weight excluding hydrogens is 228 g/mol. The van der Waals surface area contributed by atoms with E-state index in [9.17, 15) is 4.79 Å². The van der Waals surface area contributed by atoms with Crippen LogP contribution in [0.4, 0.5) is 0 Å². The van der Waals surface area contributed by atoms with Crippen molar-refractivity contribution in [2.45, 2.75) is 71.5 Å². The summed E-state index contributed by atoms with van der Waals surface area (Å²) in [6.07, 6.45) is 4.13. The van der Waals surface area contributed by atoms with E-state index in [1.54, 1.807) is 0 Å². The molecule has 0 aromatic rings. The number of aliphatic hydroxyl groups excluding tert-OH is 1. The molecule has 1 aliphatic heterocycles. The SMILES string of the molecule is CC(C)CC(=O)CC1(C)CCC(C(C)CCO)O1. The van der Waals surface area contributed by atoms with Gasteiger partial charge in [-0.1, -0.05) is 20.8 Å². The Bertz CT molecular complexity index is 275. The highest BCUT2D eigenvalue weighted by molar-refractivity contribution is 5.79. The van der Waals surface area contributed by atoms with E-state index in [1.807, 2.05) is 0 Å². The van der Waals surface area contributed by atoms with Gasteiger partial charge in [0.25, 0.3) is 0 Å². The molecule has 0 spiro atoms. The Balaban J connectivity index is 2.45. The van der Waals surface area contributed by atoms with Crippen LogP contribution in [0, 0.1) is 11.8 Å². The molecule has 0 aliphatic carbocycles. The first-order valence-electron chi connectivity index (χ1n) is 7.16. The molecule has 106 valence electrons. The predicted molar refractivity (Wildman–Crippen MR) is 72.5 cm³/mol. The van der Waals surface area contributed by atoms with Crippen LogP contribution in [0.1, 0.15) is 59.8 Å². The van der Waals surface area contributed by atoms with Gasteiger partial charge in [-0.25, -0.2) is 0 Å². The molecule has 0 radical (unpaired) electrons. The smallest absolute Gasteiger partial charge is 0.136 e. The van der Waals surface area contributed by atoms with E-state index in [4.69, 9.17) is 9.84 Å². The normalized spacial score (nSPS) is 29.8. The van der Waals surface area contributed by atoms with Crippen LogP contribution in [0.15, 0.2) is 0 Å². The molecule has 3 heteroatoms. The molecule has 3 unspecified atom stereocenters. The summed E-state index contributed by atoms with van der Waals surface area (Å²) < 4.78 is 6.08. The molecule has 1 saturated heterocycles. The standard InChI is InChI=1S/C15H28O3/c1-11(2)9-13(17)10-15(4)7-5-14(18-15)12(3)6-8-16/h11-12,14,16H,5-10H2,1-4H3. The lowest BCUT2D eigenvalue weighted by atomic mass is 9.91. The molecule has 3 nitrogen and oxygen atoms in total. The number of Topliss-reactive ketones (excluding diaryl/α,β-unsaturated/α-hetero) is 1. The van der Waals surface area contributed by atoms with Crippen molar-refractivity contribution >= 4 is 5.78 Å². The molecule has 0 aromatic heterocycles. The minimum absolute atomic E-state index is 0.203. The lowest BCUT2D eigenvalue weighted by Crippen LogP contribution is -2.30. The summed E-state index contributed by atoms with van der Waals surface area (Å²) >= 11 is 0. The lowest BCUT2D eigenvalue weighted by Gasteiger charge is -2.26. The van der Waals surface area contributed by atoms with E-state index >= 15 is 0 Å². The third-order valence-corrected chi connectivity index (χ3v) is 3.82. The molecule has 0 bridgehead atoms. The number of rotatable bonds is 7. The molecule has 0 saturated carbocycles. The van der Waals surface area contributed by atoms with Crippen molar-refractivity contribution in [3.05, 3.63) is 0 Å². The highest BCUT2D eigenvalue weighted by Crippen LogP contribution is 2.37. The lowest BCUT2D eigenvalue weighted by molar-refractivity contribution is -0.127. The molecular formula is C15H28O3. The zero-order chi connectivity index (χ0) is 13.8. The predicted octanol–water partition coefficient (Wildman–Crippen LogP) is 2.95. The molecule has 1 rings (SSSR count). The van der Waals surface area contributed by atoms with Gasteiger partial charge in [-0.2, -0.15) is 0 Å². The summed E-state index contributed by atoms with van der Waals surface area (Å²) in [4.78, 5) is 11.9. The van der Waals surface area contributed by atoms with Gasteiger partial charge in [0.2, 0.25) is 0 Å². The maximum Gasteiger partial charge on any atom is 0.136 e. The fraction of sp³-hybridized carbons (Fsp3) is 0.933. The van der Waals surface area contributed by atoms with Crippen LogP contribution >= 0.6 is 0 Å². The van der Waals surface area contributed by atoms with Crippen LogP contribution < -0.4 is 0 Å². The van der Waals surface area contributed by atoms with Gasteiger partial charge in [0.05, 0.1) is 11.7 Å². The van der Waals surface area contributed by atoms with Crippen LogP contribution in [-0.2, 0) is 9.53 Å². The number of carbonyl (C=O) groups is 1. The first kappa shape index (κ1) is 15.6. The van der Waals surface area contributed by atoms with Gasteiger partial charge < -0.3 is 9.84 Å². The summed E-state index contributed by atoms with van der Waals surface area (Å²) in [5, 5.41) is 8.96. The minimum atomic E-state index is -0.277. The second-order valence-corrected chi connectivity index (χ2v) is 6.45. The average Bonchev–Trinajstić information content (AvgIpc) is 2.59. The van der Waals surface area contributed by atoms with Gasteiger partial charge in [-0.05, 0) is 38.0 Å². The maximum atomic E-state index is 11.9. The van der Waals surface area contributed by atoms with E-state index in [2.05, 4.69) is 27.7 Å². The Morgan fingerprint density at radius 3 is 2.67 bits per heavy atom. The van der Waals surface area contributed by atoms with Crippen LogP contribution in [0.2, 0.25) is 0 Å². The van der Waals surface area contributed by atoms with Gasteiger partial charge in [-0.15, -0.1) is 0 Å². The second-order valence-electron chi connectivity index (χ2n) is 6.45. The van der Waals surface area contributed by atoms with E-state index in [1.165, 1.54) is 0 Å². The Hall–Kier alpha value is -0.410. The first-order valence-corrected chi connectivity index (χ1v) is 7.16. The second kappa shape index (κ2) is 6.67. The van der Waals surface area contributed by atoms with E-state index in [0.717, 1.165) is 19.3 Å². The average molecular weight is 256 g/mol. The Morgan fingerprint density at radius 2 is 2.11 bits per heavy atom. The van der Waals surface area contributed by atoms with E-state index in [0.29, 0.717) is 30.5 Å². The molecule has 1 aliphatic rings. The fourth-order valence-electron chi connectivity index (χ4n) is 2.80. The number of ether oxygens (including phenoxy) is 1. The number of hydrogen-bond acceptors (Lipinski definition) is 3. The van der Waals surface area contributed by atoms with Gasteiger partial charge in [0.15, 0.2) is 0 Å². The third kappa shape index (κ3) is 4.69. The van der Waals surface area contributed by atoms with Crippen LogP contribution in [-0.4, -0.2) is 29.2 Å². The molecule has 1 heterocycles. The number of aliphatic hydroxyl groups is 1. The monoisotopic (exact) mass is 256 g/mol. The summed E-state index contributed by atoms with van der Waals surface area (Å²) in [6, 6.07) is 0. The molecule has 1 N–H and O–H groups in total. The van der Waals surface area contributed by atoms with Crippen molar-refractivity contribution in [2.24, 2.45) is 11.8 Å². The number of ketones is 1. The molecule has 0 aromatic carbocycles. The van der Waals surface area contributed by atoms with E-state index in [-0.39, 0.29) is 18.3 Å². The Morgan fingerprint density at radius 1 is 1.44 bits per heavy atom. The topological polar surface area (TPSA) is 46.5 Å². The van der Waals surface area contributed by atoms with Crippen LogP contribution in [0.3, 0.4) is 0 Å². The summed E-state index contributed by atoms with van der Waals surface area (Å²) in [5.41, 5.74) is -0.277. The Labute approximate surface area is 111 Å². The zero-order valence-corrected chi connectivity index (χ0v) is 12.2. The maximum absolute atomic E-state index is 11.9.